The molecule has 0 radical (unpaired) electrons. The lowest BCUT2D eigenvalue weighted by molar-refractivity contribution is -0.137. The number of fused-ring (bicyclic) bond motifs is 1. The number of carboxylic acid groups (broad SMARTS) is 1. The Hall–Kier alpha value is -2.82. The minimum atomic E-state index is -0.710. The number of nitrogens with one attached hydrogen (secondary N) is 1. The standard InChI is InChI=1S/C22H26N2O3/c1-16-11-12-19-20(14-16)24-22(23-19)17-8-7-9-18(15-17)27-13-6-4-2-3-5-10-21(25)26/h7-9,11-12,14-15H,2-6,10,13H2,1H3,(H,23,24)(H,25,26). The Morgan fingerprint density at radius 1 is 1.07 bits per heavy atom. The molecule has 3 rings (SSSR count). The van der Waals surface area contributed by atoms with Gasteiger partial charge in [-0.15, -0.1) is 0 Å². The summed E-state index contributed by atoms with van der Waals surface area (Å²) in [5.41, 5.74) is 4.22. The summed E-state index contributed by atoms with van der Waals surface area (Å²) in [6, 6.07) is 14.2. The van der Waals surface area contributed by atoms with Crippen LogP contribution in [0.15, 0.2) is 42.5 Å². The second kappa shape index (κ2) is 9.21. The summed E-state index contributed by atoms with van der Waals surface area (Å²) in [5.74, 6) is 0.979. The third-order valence-electron chi connectivity index (χ3n) is 4.55. The number of imidazole rings is 1. The van der Waals surface area contributed by atoms with Gasteiger partial charge in [-0.25, -0.2) is 4.98 Å². The number of nitrogens with zero attached hydrogens (tertiary/aromatic N) is 1. The van der Waals surface area contributed by atoms with Gasteiger partial charge in [0.05, 0.1) is 17.6 Å². The van der Waals surface area contributed by atoms with Crippen LogP contribution in [0.3, 0.4) is 0 Å². The van der Waals surface area contributed by atoms with Crippen LogP contribution >= 0.6 is 0 Å². The topological polar surface area (TPSA) is 75.2 Å². The molecule has 5 heteroatoms. The second-order valence-electron chi connectivity index (χ2n) is 6.89. The molecule has 0 aliphatic rings. The van der Waals surface area contributed by atoms with Crippen molar-refractivity contribution in [2.45, 2.75) is 45.4 Å². The van der Waals surface area contributed by atoms with Crippen molar-refractivity contribution >= 4 is 17.0 Å². The van der Waals surface area contributed by atoms with Crippen molar-refractivity contribution in [3.05, 3.63) is 48.0 Å². The molecule has 27 heavy (non-hydrogen) atoms. The molecular weight excluding hydrogens is 340 g/mol. The molecule has 0 atom stereocenters. The van der Waals surface area contributed by atoms with Crippen LogP contribution in [0.25, 0.3) is 22.4 Å². The summed E-state index contributed by atoms with van der Waals surface area (Å²) in [4.78, 5) is 18.5. The van der Waals surface area contributed by atoms with Crippen LogP contribution in [0, 0.1) is 6.92 Å². The first kappa shape index (κ1) is 19.0. The van der Waals surface area contributed by atoms with E-state index >= 15 is 0 Å². The summed E-state index contributed by atoms with van der Waals surface area (Å²) in [5, 5.41) is 8.61. The molecule has 3 aromatic rings. The molecule has 2 N–H and O–H groups in total. The number of hydrogen-bond donors (Lipinski definition) is 2. The number of carbonyl (C=O) groups is 1. The van der Waals surface area contributed by atoms with Crippen molar-refractivity contribution in [1.29, 1.82) is 0 Å². The molecule has 0 aliphatic carbocycles. The van der Waals surface area contributed by atoms with Crippen LogP contribution < -0.4 is 4.74 Å². The van der Waals surface area contributed by atoms with Gasteiger partial charge < -0.3 is 14.8 Å². The average molecular weight is 366 g/mol. The molecule has 1 heterocycles. The number of carboxylic acids is 1. The SMILES string of the molecule is Cc1ccc2nc(-c3cccc(OCCCCCCCC(=O)O)c3)[nH]c2c1. The first-order valence-electron chi connectivity index (χ1n) is 9.53. The predicted octanol–water partition coefficient (Wildman–Crippen LogP) is 5.34. The molecule has 0 saturated heterocycles. The maximum Gasteiger partial charge on any atom is 0.303 e. The third kappa shape index (κ3) is 5.58. The summed E-state index contributed by atoms with van der Waals surface area (Å²) in [6.45, 7) is 2.74. The zero-order chi connectivity index (χ0) is 19.1. The molecule has 0 unspecified atom stereocenters. The van der Waals surface area contributed by atoms with Gasteiger partial charge in [-0.05, 0) is 49.6 Å². The molecular formula is C22H26N2O3. The number of H-pyrrole nitrogens is 1. The zero-order valence-corrected chi connectivity index (χ0v) is 15.7. The van der Waals surface area contributed by atoms with Crippen molar-refractivity contribution < 1.29 is 14.6 Å². The first-order chi connectivity index (χ1) is 13.1. The van der Waals surface area contributed by atoms with Crippen molar-refractivity contribution in [3.63, 3.8) is 0 Å². The number of benzene rings is 2. The number of aryl methyl sites for hydroxylation is 1. The number of aliphatic carboxylic acids is 1. The Bertz CT molecular complexity index is 901. The number of hydrogen-bond acceptors (Lipinski definition) is 3. The quantitative estimate of drug-likeness (QED) is 0.475. The molecule has 0 saturated carbocycles. The van der Waals surface area contributed by atoms with Gasteiger partial charge in [0, 0.05) is 12.0 Å². The van der Waals surface area contributed by atoms with Crippen molar-refractivity contribution in [1.82, 2.24) is 9.97 Å². The van der Waals surface area contributed by atoms with E-state index in [1.807, 2.05) is 30.3 Å². The number of unbranched alkanes of at least 4 members (excludes halogenated alkanes) is 4. The van der Waals surface area contributed by atoms with Crippen LogP contribution in [-0.2, 0) is 4.79 Å². The maximum absolute atomic E-state index is 10.5. The second-order valence-corrected chi connectivity index (χ2v) is 6.89. The largest absolute Gasteiger partial charge is 0.494 e. The van der Waals surface area contributed by atoms with E-state index in [-0.39, 0.29) is 6.42 Å². The number of rotatable bonds is 10. The van der Waals surface area contributed by atoms with Gasteiger partial charge >= 0.3 is 5.97 Å². The van der Waals surface area contributed by atoms with Gasteiger partial charge in [0.1, 0.15) is 11.6 Å². The Kier molecular flexibility index (Phi) is 6.47. The molecule has 0 amide bonds. The van der Waals surface area contributed by atoms with Crippen LogP contribution in [0.1, 0.15) is 44.1 Å². The van der Waals surface area contributed by atoms with Gasteiger partial charge in [-0.1, -0.05) is 37.5 Å². The molecule has 0 fully saturated rings. The van der Waals surface area contributed by atoms with E-state index in [4.69, 9.17) is 9.84 Å². The minimum absolute atomic E-state index is 0.269. The van der Waals surface area contributed by atoms with Gasteiger partial charge in [0.25, 0.3) is 0 Å². The van der Waals surface area contributed by atoms with Crippen LogP contribution in [0.2, 0.25) is 0 Å². The lowest BCUT2D eigenvalue weighted by Crippen LogP contribution is -1.98. The monoisotopic (exact) mass is 366 g/mol. The zero-order valence-electron chi connectivity index (χ0n) is 15.7. The summed E-state index contributed by atoms with van der Waals surface area (Å²) in [6.07, 6.45) is 5.08. The molecule has 2 aromatic carbocycles. The number of ether oxygens (including phenoxy) is 1. The Morgan fingerprint density at radius 2 is 1.89 bits per heavy atom. The molecule has 1 aromatic heterocycles. The molecule has 142 valence electrons. The van der Waals surface area contributed by atoms with Crippen LogP contribution in [0.5, 0.6) is 5.75 Å². The number of aromatic nitrogens is 2. The van der Waals surface area contributed by atoms with E-state index in [1.54, 1.807) is 0 Å². The highest BCUT2D eigenvalue weighted by atomic mass is 16.5. The highest BCUT2D eigenvalue weighted by Crippen LogP contribution is 2.24. The highest BCUT2D eigenvalue weighted by molar-refractivity contribution is 5.80. The Labute approximate surface area is 159 Å². The van der Waals surface area contributed by atoms with E-state index in [2.05, 4.69) is 29.0 Å². The van der Waals surface area contributed by atoms with E-state index < -0.39 is 5.97 Å². The predicted molar refractivity (Wildman–Crippen MR) is 107 cm³/mol. The minimum Gasteiger partial charge on any atom is -0.494 e. The van der Waals surface area contributed by atoms with Gasteiger partial charge in [0.2, 0.25) is 0 Å². The average Bonchev–Trinajstić information content (AvgIpc) is 3.07. The Balaban J connectivity index is 1.49. The molecule has 5 nitrogen and oxygen atoms in total. The lowest BCUT2D eigenvalue weighted by Gasteiger charge is -2.07. The van der Waals surface area contributed by atoms with E-state index in [9.17, 15) is 4.79 Å². The fourth-order valence-corrected chi connectivity index (χ4v) is 3.09. The van der Waals surface area contributed by atoms with Crippen molar-refractivity contribution in [3.8, 4) is 17.1 Å². The normalized spacial score (nSPS) is 11.0. The summed E-state index contributed by atoms with van der Waals surface area (Å²) in [7, 11) is 0. The fourth-order valence-electron chi connectivity index (χ4n) is 3.09. The Morgan fingerprint density at radius 3 is 2.74 bits per heavy atom. The number of aromatic amines is 1. The van der Waals surface area contributed by atoms with E-state index in [0.29, 0.717) is 6.61 Å². The summed E-state index contributed by atoms with van der Waals surface area (Å²) < 4.78 is 5.87. The highest BCUT2D eigenvalue weighted by Gasteiger charge is 2.06. The fraction of sp³-hybridized carbons (Fsp3) is 0.364. The van der Waals surface area contributed by atoms with Crippen LogP contribution in [0.4, 0.5) is 0 Å². The maximum atomic E-state index is 10.5. The molecule has 0 aliphatic heterocycles. The van der Waals surface area contributed by atoms with Gasteiger partial charge in [-0.3, -0.25) is 4.79 Å². The van der Waals surface area contributed by atoms with Crippen molar-refractivity contribution in [2.24, 2.45) is 0 Å². The smallest absolute Gasteiger partial charge is 0.303 e. The van der Waals surface area contributed by atoms with E-state index in [1.165, 1.54) is 5.56 Å². The lowest BCUT2D eigenvalue weighted by atomic mass is 10.1. The molecule has 0 bridgehead atoms. The first-order valence-corrected chi connectivity index (χ1v) is 9.53. The van der Waals surface area contributed by atoms with Gasteiger partial charge in [0.15, 0.2) is 0 Å². The van der Waals surface area contributed by atoms with Crippen LogP contribution in [-0.4, -0.2) is 27.7 Å². The van der Waals surface area contributed by atoms with E-state index in [0.717, 1.165) is 60.3 Å². The third-order valence-corrected chi connectivity index (χ3v) is 4.55. The van der Waals surface area contributed by atoms with Gasteiger partial charge in [-0.2, -0.15) is 0 Å². The summed E-state index contributed by atoms with van der Waals surface area (Å²) >= 11 is 0. The van der Waals surface area contributed by atoms with Crippen molar-refractivity contribution in [2.75, 3.05) is 6.61 Å². The molecule has 0 spiro atoms.